The largest absolute Gasteiger partial charge is 0.481 e. The molecule has 10 N–H and O–H groups in total. The first-order chi connectivity index (χ1) is 15.3. The SMILES string of the molecule is CC(C)C(NC(=O)C(CCC(=O)O)NC(=O)C(NC(=O)C(N)CCCCN)C(C)O)C(=O)O. The maximum absolute atomic E-state index is 12.7. The minimum Gasteiger partial charge on any atom is -0.481 e. The fraction of sp³-hybridized carbons (Fsp3) is 0.750. The molecule has 0 aliphatic carbocycles. The molecule has 0 aliphatic heterocycles. The molecule has 0 fully saturated rings. The van der Waals surface area contributed by atoms with E-state index in [2.05, 4.69) is 16.0 Å². The fourth-order valence-corrected chi connectivity index (χ4v) is 2.87. The molecule has 0 aromatic carbocycles. The Kier molecular flexibility index (Phi) is 13.9. The third-order valence-corrected chi connectivity index (χ3v) is 4.88. The summed E-state index contributed by atoms with van der Waals surface area (Å²) in [5, 5.41) is 35.1. The predicted molar refractivity (Wildman–Crippen MR) is 118 cm³/mol. The van der Waals surface area contributed by atoms with Gasteiger partial charge >= 0.3 is 11.9 Å². The van der Waals surface area contributed by atoms with Crippen LogP contribution in [-0.2, 0) is 24.0 Å². The lowest BCUT2D eigenvalue weighted by Gasteiger charge is -2.27. The number of nitrogens with one attached hydrogen (secondary N) is 3. The van der Waals surface area contributed by atoms with E-state index in [1.54, 1.807) is 13.8 Å². The third kappa shape index (κ3) is 11.6. The van der Waals surface area contributed by atoms with Crippen LogP contribution in [-0.4, -0.2) is 81.8 Å². The number of rotatable bonds is 16. The van der Waals surface area contributed by atoms with Gasteiger partial charge in [-0.2, -0.15) is 0 Å². The van der Waals surface area contributed by atoms with Crippen molar-refractivity contribution < 1.29 is 39.3 Å². The van der Waals surface area contributed by atoms with Crippen LogP contribution in [0.25, 0.3) is 0 Å². The van der Waals surface area contributed by atoms with Gasteiger partial charge in [0.1, 0.15) is 18.1 Å². The first-order valence-corrected chi connectivity index (χ1v) is 10.8. The number of carbonyl (C=O) groups excluding carboxylic acids is 3. The van der Waals surface area contributed by atoms with E-state index in [0.29, 0.717) is 25.8 Å². The van der Waals surface area contributed by atoms with E-state index >= 15 is 0 Å². The number of nitrogens with two attached hydrogens (primary N) is 2. The number of carboxylic acids is 2. The van der Waals surface area contributed by atoms with Crippen LogP contribution in [0.5, 0.6) is 0 Å². The van der Waals surface area contributed by atoms with E-state index in [0.717, 1.165) is 0 Å². The van der Waals surface area contributed by atoms with Crippen LogP contribution in [0, 0.1) is 5.92 Å². The highest BCUT2D eigenvalue weighted by atomic mass is 16.4. The van der Waals surface area contributed by atoms with Crippen molar-refractivity contribution in [3.63, 3.8) is 0 Å². The smallest absolute Gasteiger partial charge is 0.326 e. The zero-order valence-corrected chi connectivity index (χ0v) is 19.2. The van der Waals surface area contributed by atoms with Gasteiger partial charge in [0.25, 0.3) is 0 Å². The molecule has 0 aromatic heterocycles. The molecule has 0 radical (unpaired) electrons. The summed E-state index contributed by atoms with van der Waals surface area (Å²) in [7, 11) is 0. The number of carbonyl (C=O) groups is 5. The Labute approximate surface area is 192 Å². The molecule has 33 heavy (non-hydrogen) atoms. The molecule has 13 heteroatoms. The van der Waals surface area contributed by atoms with Gasteiger partial charge in [0.05, 0.1) is 12.1 Å². The van der Waals surface area contributed by atoms with Crippen molar-refractivity contribution in [2.75, 3.05) is 6.54 Å². The second-order valence-corrected chi connectivity index (χ2v) is 8.18. The van der Waals surface area contributed by atoms with Crippen molar-refractivity contribution in [2.24, 2.45) is 17.4 Å². The Balaban J connectivity index is 5.40. The van der Waals surface area contributed by atoms with Crippen molar-refractivity contribution in [3.05, 3.63) is 0 Å². The lowest BCUT2D eigenvalue weighted by Crippen LogP contribution is -2.60. The number of unbranched alkanes of at least 4 members (excludes halogenated alkanes) is 1. The Morgan fingerprint density at radius 2 is 1.39 bits per heavy atom. The Morgan fingerprint density at radius 3 is 1.85 bits per heavy atom. The van der Waals surface area contributed by atoms with E-state index in [4.69, 9.17) is 16.6 Å². The van der Waals surface area contributed by atoms with Crippen LogP contribution in [0.15, 0.2) is 0 Å². The van der Waals surface area contributed by atoms with Crippen LogP contribution >= 0.6 is 0 Å². The van der Waals surface area contributed by atoms with Gasteiger partial charge in [0.15, 0.2) is 0 Å². The summed E-state index contributed by atoms with van der Waals surface area (Å²) in [6, 6.07) is -5.09. The van der Waals surface area contributed by atoms with Crippen molar-refractivity contribution in [3.8, 4) is 0 Å². The van der Waals surface area contributed by atoms with Crippen LogP contribution in [0.4, 0.5) is 0 Å². The van der Waals surface area contributed by atoms with Gasteiger partial charge in [-0.15, -0.1) is 0 Å². The lowest BCUT2D eigenvalue weighted by atomic mass is 10.0. The van der Waals surface area contributed by atoms with Crippen LogP contribution in [0.1, 0.15) is 52.9 Å². The predicted octanol–water partition coefficient (Wildman–Crippen LogP) is -2.12. The number of hydrogen-bond donors (Lipinski definition) is 8. The quantitative estimate of drug-likeness (QED) is 0.113. The summed E-state index contributed by atoms with van der Waals surface area (Å²) in [4.78, 5) is 60.0. The van der Waals surface area contributed by atoms with Gasteiger partial charge in [-0.05, 0) is 38.6 Å². The summed E-state index contributed by atoms with van der Waals surface area (Å²) in [6.07, 6.45) is -0.626. The molecule has 0 saturated heterocycles. The molecule has 0 bridgehead atoms. The van der Waals surface area contributed by atoms with E-state index in [1.165, 1.54) is 6.92 Å². The summed E-state index contributed by atoms with van der Waals surface area (Å²) in [6.45, 7) is 4.82. The number of aliphatic hydroxyl groups is 1. The van der Waals surface area contributed by atoms with Gasteiger partial charge in [-0.25, -0.2) is 4.79 Å². The molecule has 0 rings (SSSR count). The van der Waals surface area contributed by atoms with Crippen molar-refractivity contribution in [1.82, 2.24) is 16.0 Å². The lowest BCUT2D eigenvalue weighted by molar-refractivity contribution is -0.144. The number of aliphatic carboxylic acids is 2. The Morgan fingerprint density at radius 1 is 0.818 bits per heavy atom. The molecule has 13 nitrogen and oxygen atoms in total. The van der Waals surface area contributed by atoms with Crippen LogP contribution in [0.2, 0.25) is 0 Å². The zero-order valence-electron chi connectivity index (χ0n) is 19.2. The first-order valence-electron chi connectivity index (χ1n) is 10.8. The molecule has 0 heterocycles. The van der Waals surface area contributed by atoms with Crippen molar-refractivity contribution >= 4 is 29.7 Å². The van der Waals surface area contributed by atoms with E-state index in [9.17, 15) is 34.2 Å². The molecule has 190 valence electrons. The molecular weight excluding hydrogens is 438 g/mol. The minimum atomic E-state index is -1.47. The summed E-state index contributed by atoms with van der Waals surface area (Å²) in [5.74, 6) is -5.55. The zero-order chi connectivity index (χ0) is 25.7. The average molecular weight is 476 g/mol. The fourth-order valence-electron chi connectivity index (χ4n) is 2.87. The van der Waals surface area contributed by atoms with Crippen molar-refractivity contribution in [2.45, 2.75) is 83.1 Å². The Bertz CT molecular complexity index is 685. The molecule has 0 aromatic rings. The number of aliphatic hydroxyl groups excluding tert-OH is 1. The van der Waals surface area contributed by atoms with Gasteiger partial charge in [0, 0.05) is 6.42 Å². The normalized spacial score (nSPS) is 15.6. The number of carboxylic acid groups (broad SMARTS) is 2. The Hall–Kier alpha value is -2.77. The molecule has 5 unspecified atom stereocenters. The van der Waals surface area contributed by atoms with E-state index in [-0.39, 0.29) is 6.42 Å². The summed E-state index contributed by atoms with van der Waals surface area (Å²) in [5.41, 5.74) is 11.2. The second kappa shape index (κ2) is 15.1. The standard InChI is InChI=1S/C20H37N5O8/c1-10(2)15(20(32)33)24-18(30)13(7-8-14(27)28)23-19(31)16(11(3)26)25-17(29)12(22)6-4-5-9-21/h10-13,15-16,26H,4-9,21-22H2,1-3H3,(H,23,31)(H,24,30)(H,25,29)(H,27,28)(H,32,33). The molecule has 0 spiro atoms. The first kappa shape index (κ1) is 30.2. The van der Waals surface area contributed by atoms with E-state index in [1.807, 2.05) is 0 Å². The van der Waals surface area contributed by atoms with Crippen molar-refractivity contribution in [1.29, 1.82) is 0 Å². The second-order valence-electron chi connectivity index (χ2n) is 8.18. The highest BCUT2D eigenvalue weighted by Gasteiger charge is 2.33. The van der Waals surface area contributed by atoms with Crippen LogP contribution in [0.3, 0.4) is 0 Å². The van der Waals surface area contributed by atoms with Gasteiger partial charge in [-0.3, -0.25) is 19.2 Å². The van der Waals surface area contributed by atoms with Gasteiger partial charge in [-0.1, -0.05) is 20.3 Å². The van der Waals surface area contributed by atoms with E-state index < -0.39 is 72.3 Å². The summed E-state index contributed by atoms with van der Waals surface area (Å²) >= 11 is 0. The number of hydrogen-bond acceptors (Lipinski definition) is 8. The highest BCUT2D eigenvalue weighted by molar-refractivity contribution is 5.94. The third-order valence-electron chi connectivity index (χ3n) is 4.88. The molecule has 0 saturated carbocycles. The summed E-state index contributed by atoms with van der Waals surface area (Å²) < 4.78 is 0. The molecular formula is C20H37N5O8. The maximum Gasteiger partial charge on any atom is 0.326 e. The number of amides is 3. The van der Waals surface area contributed by atoms with Gasteiger partial charge < -0.3 is 42.7 Å². The molecule has 5 atom stereocenters. The van der Waals surface area contributed by atoms with Gasteiger partial charge in [0.2, 0.25) is 17.7 Å². The topological polar surface area (TPSA) is 234 Å². The molecule has 0 aliphatic rings. The highest BCUT2D eigenvalue weighted by Crippen LogP contribution is 2.06. The average Bonchev–Trinajstić information content (AvgIpc) is 2.71. The maximum atomic E-state index is 12.7. The minimum absolute atomic E-state index is 0.312. The molecule has 3 amide bonds. The monoisotopic (exact) mass is 475 g/mol. The van der Waals surface area contributed by atoms with Crippen LogP contribution < -0.4 is 27.4 Å².